The van der Waals surface area contributed by atoms with Crippen LogP contribution in [0.15, 0.2) is 24.3 Å². The molecule has 0 saturated carbocycles. The first-order valence-electron chi connectivity index (χ1n) is 2.87. The molecule has 0 unspecified atom stereocenters. The average molecular weight is 177 g/mol. The minimum absolute atomic E-state index is 0. The third-order valence-electron chi connectivity index (χ3n) is 1.33. The van der Waals surface area contributed by atoms with Gasteiger partial charge < -0.3 is 8.06 Å². The summed E-state index contributed by atoms with van der Waals surface area (Å²) in [6.45, 7) is 0. The Balaban J connectivity index is 0. The number of para-hydroxylation sites is 1. The first-order chi connectivity index (χ1) is 4.88. The predicted molar refractivity (Wildman–Crippen MR) is 42.7 cm³/mol. The van der Waals surface area contributed by atoms with Gasteiger partial charge in [0.2, 0.25) is 0 Å². The Hall–Kier alpha value is -0.320. The molecule has 0 fully saturated rings. The smallest absolute Gasteiger partial charge is 1.00 e. The van der Waals surface area contributed by atoms with Gasteiger partial charge in [-0.3, -0.25) is 0 Å². The van der Waals surface area contributed by atoms with Crippen LogP contribution in [0.3, 0.4) is 0 Å². The Morgan fingerprint density at radius 3 is 2.82 bits per heavy atom. The van der Waals surface area contributed by atoms with Crippen molar-refractivity contribution >= 4 is 48.8 Å². The van der Waals surface area contributed by atoms with Crippen LogP contribution in [-0.2, 0) is 0 Å². The van der Waals surface area contributed by atoms with Crippen molar-refractivity contribution in [3.05, 3.63) is 24.3 Å². The first kappa shape index (κ1) is 8.77. The molecule has 5 heteroatoms. The number of aromatic nitrogens is 3. The summed E-state index contributed by atoms with van der Waals surface area (Å²) >= 11 is 0. The van der Waals surface area contributed by atoms with Crippen molar-refractivity contribution in [1.29, 1.82) is 0 Å². The maximum Gasteiger partial charge on any atom is 2.00 e. The van der Waals surface area contributed by atoms with E-state index in [2.05, 4.69) is 10.3 Å². The van der Waals surface area contributed by atoms with E-state index >= 15 is 0 Å². The van der Waals surface area contributed by atoms with Crippen LogP contribution in [0.4, 0.5) is 0 Å². The second-order valence-corrected chi connectivity index (χ2v) is 1.97. The van der Waals surface area contributed by atoms with E-state index in [1.54, 1.807) is 12.1 Å². The summed E-state index contributed by atoms with van der Waals surface area (Å²) in [5.74, 6) is 0. The van der Waals surface area contributed by atoms with Crippen LogP contribution < -0.4 is 0 Å². The quantitative estimate of drug-likeness (QED) is 0.471. The SMILES string of the molecule is On1nnc2ccccc21.[Ca+2].[H-].[H-]. The second kappa shape index (κ2) is 3.38. The van der Waals surface area contributed by atoms with Crippen molar-refractivity contribution < 1.29 is 8.06 Å². The van der Waals surface area contributed by atoms with E-state index in [4.69, 9.17) is 5.21 Å². The summed E-state index contributed by atoms with van der Waals surface area (Å²) in [7, 11) is 0. The third-order valence-corrected chi connectivity index (χ3v) is 1.33. The standard InChI is InChI=1S/C6H5N3O.Ca.2H/c10-9-6-4-2-1-3-5(6)7-8-9;;;/h1-4,10H;;;/q;+2;2*-1. The van der Waals surface area contributed by atoms with Gasteiger partial charge in [0, 0.05) is 0 Å². The molecule has 0 aliphatic carbocycles. The molecule has 1 N–H and O–H groups in total. The zero-order valence-electron chi connectivity index (χ0n) is 7.81. The molecule has 0 saturated heterocycles. The monoisotopic (exact) mass is 177 g/mol. The van der Waals surface area contributed by atoms with Gasteiger partial charge in [0.15, 0.2) is 0 Å². The molecule has 0 atom stereocenters. The van der Waals surface area contributed by atoms with Crippen LogP contribution in [0.5, 0.6) is 0 Å². The van der Waals surface area contributed by atoms with E-state index < -0.39 is 0 Å². The van der Waals surface area contributed by atoms with Gasteiger partial charge in [0.1, 0.15) is 11.0 Å². The molecule has 0 aliphatic heterocycles. The molecule has 0 amide bonds. The predicted octanol–water partition coefficient (Wildman–Crippen LogP) is 0.513. The molecule has 54 valence electrons. The summed E-state index contributed by atoms with van der Waals surface area (Å²) in [4.78, 5) is 0.759. The fourth-order valence-electron chi connectivity index (χ4n) is 0.857. The largest absolute Gasteiger partial charge is 2.00 e. The number of rotatable bonds is 0. The number of benzene rings is 1. The normalized spacial score (nSPS) is 9.45. The molecular weight excluding hydrogens is 170 g/mol. The van der Waals surface area contributed by atoms with Crippen LogP contribution in [0, 0.1) is 0 Å². The summed E-state index contributed by atoms with van der Waals surface area (Å²) < 4.78 is 0. The third kappa shape index (κ3) is 1.47. The zero-order chi connectivity index (χ0) is 6.97. The molecule has 1 heterocycles. The van der Waals surface area contributed by atoms with Gasteiger partial charge in [-0.1, -0.05) is 17.0 Å². The van der Waals surface area contributed by atoms with Crippen LogP contribution >= 0.6 is 0 Å². The second-order valence-electron chi connectivity index (χ2n) is 1.97. The van der Waals surface area contributed by atoms with Crippen molar-refractivity contribution in [2.24, 2.45) is 0 Å². The van der Waals surface area contributed by atoms with Gasteiger partial charge in [0.25, 0.3) is 0 Å². The van der Waals surface area contributed by atoms with E-state index in [1.807, 2.05) is 12.1 Å². The van der Waals surface area contributed by atoms with Gasteiger partial charge in [0.05, 0.1) is 0 Å². The van der Waals surface area contributed by atoms with Crippen LogP contribution in [0.25, 0.3) is 11.0 Å². The van der Waals surface area contributed by atoms with Crippen LogP contribution in [0.2, 0.25) is 0 Å². The molecule has 11 heavy (non-hydrogen) atoms. The van der Waals surface area contributed by atoms with Gasteiger partial charge in [-0.05, 0) is 17.3 Å². The van der Waals surface area contributed by atoms with Gasteiger partial charge in [-0.15, -0.1) is 5.10 Å². The maximum absolute atomic E-state index is 8.95. The Morgan fingerprint density at radius 1 is 1.36 bits per heavy atom. The number of hydrogen-bond acceptors (Lipinski definition) is 3. The van der Waals surface area contributed by atoms with Gasteiger partial charge in [-0.2, -0.15) is 0 Å². The fraction of sp³-hybridized carbons (Fsp3) is 0. The molecule has 0 bridgehead atoms. The van der Waals surface area contributed by atoms with Crippen LogP contribution in [-0.4, -0.2) is 58.1 Å². The average Bonchev–Trinajstić information content (AvgIpc) is 2.34. The molecule has 2 rings (SSSR count). The van der Waals surface area contributed by atoms with Gasteiger partial charge >= 0.3 is 37.7 Å². The molecule has 0 spiro atoms. The van der Waals surface area contributed by atoms with Crippen molar-refractivity contribution in [2.75, 3.05) is 0 Å². The van der Waals surface area contributed by atoms with E-state index in [0.29, 0.717) is 11.0 Å². The molecule has 1 aromatic carbocycles. The Morgan fingerprint density at radius 2 is 2.09 bits per heavy atom. The topological polar surface area (TPSA) is 50.9 Å². The number of nitrogens with zero attached hydrogens (tertiary/aromatic N) is 3. The van der Waals surface area contributed by atoms with Crippen LogP contribution in [0.1, 0.15) is 2.85 Å². The van der Waals surface area contributed by atoms with E-state index in [9.17, 15) is 0 Å². The molecular formula is C6H7CaN3O. The van der Waals surface area contributed by atoms with Gasteiger partial charge in [-0.25, -0.2) is 0 Å². The van der Waals surface area contributed by atoms with E-state index in [0.717, 1.165) is 4.85 Å². The molecule has 0 aliphatic rings. The maximum atomic E-state index is 8.95. The zero-order valence-corrected chi connectivity index (χ0v) is 8.01. The summed E-state index contributed by atoms with van der Waals surface area (Å²) in [6.07, 6.45) is 0. The van der Waals surface area contributed by atoms with Crippen molar-refractivity contribution in [1.82, 2.24) is 15.2 Å². The summed E-state index contributed by atoms with van der Waals surface area (Å²) in [6, 6.07) is 7.19. The van der Waals surface area contributed by atoms with E-state index in [1.165, 1.54) is 0 Å². The minimum atomic E-state index is 0. The number of hydrogen-bond donors (Lipinski definition) is 1. The van der Waals surface area contributed by atoms with Crippen molar-refractivity contribution in [2.45, 2.75) is 0 Å². The minimum Gasteiger partial charge on any atom is -1.00 e. The number of fused-ring (bicyclic) bond motifs is 1. The molecule has 0 radical (unpaired) electrons. The Labute approximate surface area is 95.7 Å². The van der Waals surface area contributed by atoms with Crippen molar-refractivity contribution in [3.63, 3.8) is 0 Å². The fourth-order valence-corrected chi connectivity index (χ4v) is 0.857. The molecule has 4 nitrogen and oxygen atoms in total. The molecule has 1 aromatic heterocycles. The van der Waals surface area contributed by atoms with E-state index in [-0.39, 0.29) is 40.6 Å². The Bertz CT molecular complexity index is 367. The van der Waals surface area contributed by atoms with Crippen molar-refractivity contribution in [3.8, 4) is 0 Å². The molecule has 2 aromatic rings. The Kier molecular flexibility index (Phi) is 2.70. The summed E-state index contributed by atoms with van der Waals surface area (Å²) in [5.41, 5.74) is 1.33. The first-order valence-corrected chi connectivity index (χ1v) is 2.87. The summed E-state index contributed by atoms with van der Waals surface area (Å²) in [5, 5.41) is 16.1.